The van der Waals surface area contributed by atoms with Gasteiger partial charge in [-0.2, -0.15) is 5.10 Å². The molecule has 0 amide bonds. The second-order valence-electron chi connectivity index (χ2n) is 6.66. The van der Waals surface area contributed by atoms with Crippen molar-refractivity contribution in [1.82, 2.24) is 9.78 Å². The molecular formula is C23H18BrN3. The Balaban J connectivity index is 1.58. The van der Waals surface area contributed by atoms with E-state index in [2.05, 4.69) is 75.8 Å². The van der Waals surface area contributed by atoms with Crippen LogP contribution in [0.4, 0.5) is 5.82 Å². The Morgan fingerprint density at radius 2 is 1.44 bits per heavy atom. The van der Waals surface area contributed by atoms with Gasteiger partial charge >= 0.3 is 0 Å². The van der Waals surface area contributed by atoms with Gasteiger partial charge in [-0.05, 0) is 45.6 Å². The zero-order valence-electron chi connectivity index (χ0n) is 14.7. The molecule has 3 nitrogen and oxygen atoms in total. The number of nitrogens with zero attached hydrogens (tertiary/aromatic N) is 2. The van der Waals surface area contributed by atoms with Crippen LogP contribution < -0.4 is 5.32 Å². The fourth-order valence-corrected chi connectivity index (χ4v) is 4.11. The lowest BCUT2D eigenvalue weighted by molar-refractivity contribution is 0.878. The van der Waals surface area contributed by atoms with Crippen LogP contribution in [0.3, 0.4) is 0 Å². The number of hydrogen-bond acceptors (Lipinski definition) is 2. The number of hydrogen-bond donors (Lipinski definition) is 1. The first-order valence-electron chi connectivity index (χ1n) is 9.08. The van der Waals surface area contributed by atoms with Crippen LogP contribution in [0.15, 0.2) is 83.3 Å². The third-order valence-electron chi connectivity index (χ3n) is 5.00. The minimum Gasteiger partial charge on any atom is -0.369 e. The molecule has 1 aliphatic heterocycles. The molecule has 0 radical (unpaired) electrons. The normalized spacial score (nSPS) is 12.6. The van der Waals surface area contributed by atoms with Crippen molar-refractivity contribution in [3.8, 4) is 28.1 Å². The highest BCUT2D eigenvalue weighted by Crippen LogP contribution is 2.36. The standard InChI is InChI=1S/C23H18BrN3/c24-20-8-4-5-9-21(20)27-23-19(14-15-25-23)22(26-27)18-12-10-17(11-13-18)16-6-2-1-3-7-16/h1-13,25H,14-15H2. The maximum atomic E-state index is 4.96. The summed E-state index contributed by atoms with van der Waals surface area (Å²) in [7, 11) is 0. The Morgan fingerprint density at radius 3 is 2.22 bits per heavy atom. The molecule has 3 aromatic carbocycles. The smallest absolute Gasteiger partial charge is 0.133 e. The van der Waals surface area contributed by atoms with Gasteiger partial charge in [-0.3, -0.25) is 0 Å². The molecule has 1 aliphatic rings. The third-order valence-corrected chi connectivity index (χ3v) is 5.67. The first-order valence-corrected chi connectivity index (χ1v) is 9.87. The molecule has 0 fully saturated rings. The topological polar surface area (TPSA) is 29.9 Å². The summed E-state index contributed by atoms with van der Waals surface area (Å²) in [6.45, 7) is 0.951. The SMILES string of the molecule is Brc1ccccc1-n1nc(-c2ccc(-c3ccccc3)cc2)c2c1NCC2. The fourth-order valence-electron chi connectivity index (χ4n) is 3.66. The van der Waals surface area contributed by atoms with Crippen LogP contribution in [0.5, 0.6) is 0 Å². The van der Waals surface area contributed by atoms with Crippen LogP contribution in [0, 0.1) is 0 Å². The highest BCUT2D eigenvalue weighted by molar-refractivity contribution is 9.10. The molecule has 0 saturated carbocycles. The second kappa shape index (κ2) is 6.71. The van der Waals surface area contributed by atoms with Gasteiger partial charge < -0.3 is 5.32 Å². The molecule has 0 aliphatic carbocycles. The summed E-state index contributed by atoms with van der Waals surface area (Å²) in [6, 6.07) is 27.4. The van der Waals surface area contributed by atoms with E-state index < -0.39 is 0 Å². The molecule has 0 saturated heterocycles. The molecule has 27 heavy (non-hydrogen) atoms. The van der Waals surface area contributed by atoms with E-state index in [4.69, 9.17) is 5.10 Å². The van der Waals surface area contributed by atoms with E-state index in [0.29, 0.717) is 0 Å². The van der Waals surface area contributed by atoms with Crippen molar-refractivity contribution in [1.29, 1.82) is 0 Å². The van der Waals surface area contributed by atoms with Crippen molar-refractivity contribution in [3.05, 3.63) is 88.9 Å². The lowest BCUT2D eigenvalue weighted by Crippen LogP contribution is -2.04. The van der Waals surface area contributed by atoms with Crippen molar-refractivity contribution in [3.63, 3.8) is 0 Å². The number of rotatable bonds is 3. The van der Waals surface area contributed by atoms with Gasteiger partial charge in [0.15, 0.2) is 0 Å². The maximum absolute atomic E-state index is 4.96. The molecule has 1 aromatic heterocycles. The monoisotopic (exact) mass is 415 g/mol. The van der Waals surface area contributed by atoms with Gasteiger partial charge in [0, 0.05) is 22.1 Å². The summed E-state index contributed by atoms with van der Waals surface area (Å²) in [5.74, 6) is 1.10. The van der Waals surface area contributed by atoms with E-state index in [0.717, 1.165) is 40.2 Å². The van der Waals surface area contributed by atoms with Gasteiger partial charge in [-0.15, -0.1) is 0 Å². The quantitative estimate of drug-likeness (QED) is 0.448. The second-order valence-corrected chi connectivity index (χ2v) is 7.51. The van der Waals surface area contributed by atoms with Crippen LogP contribution in [-0.4, -0.2) is 16.3 Å². The van der Waals surface area contributed by atoms with Crippen LogP contribution in [0.1, 0.15) is 5.56 Å². The van der Waals surface area contributed by atoms with Gasteiger partial charge in [0.05, 0.1) is 11.4 Å². The average Bonchev–Trinajstić information content (AvgIpc) is 3.32. The van der Waals surface area contributed by atoms with Gasteiger partial charge in [0.2, 0.25) is 0 Å². The number of nitrogens with one attached hydrogen (secondary N) is 1. The molecule has 4 aromatic rings. The van der Waals surface area contributed by atoms with Gasteiger partial charge in [0.1, 0.15) is 5.82 Å². The Bertz CT molecular complexity index is 1100. The van der Waals surface area contributed by atoms with E-state index >= 15 is 0 Å². The number of benzene rings is 3. The first kappa shape index (κ1) is 16.3. The van der Waals surface area contributed by atoms with Crippen molar-refractivity contribution in [2.75, 3.05) is 11.9 Å². The number of halogens is 1. The zero-order valence-corrected chi connectivity index (χ0v) is 16.3. The summed E-state index contributed by atoms with van der Waals surface area (Å²) in [5, 5.41) is 8.46. The lowest BCUT2D eigenvalue weighted by Gasteiger charge is -2.08. The zero-order chi connectivity index (χ0) is 18.2. The molecule has 0 atom stereocenters. The Kier molecular flexibility index (Phi) is 4.06. The number of anilines is 1. The van der Waals surface area contributed by atoms with Crippen LogP contribution in [-0.2, 0) is 6.42 Å². The Morgan fingerprint density at radius 1 is 0.778 bits per heavy atom. The van der Waals surface area contributed by atoms with Crippen LogP contribution in [0.2, 0.25) is 0 Å². The molecule has 5 rings (SSSR count). The molecule has 4 heteroatoms. The maximum Gasteiger partial charge on any atom is 0.133 e. The molecule has 0 unspecified atom stereocenters. The number of para-hydroxylation sites is 1. The molecular weight excluding hydrogens is 398 g/mol. The van der Waals surface area contributed by atoms with Crippen molar-refractivity contribution >= 4 is 21.7 Å². The van der Waals surface area contributed by atoms with Gasteiger partial charge in [-0.1, -0.05) is 66.7 Å². The first-order chi connectivity index (χ1) is 13.3. The Labute approximate surface area is 166 Å². The number of fused-ring (bicyclic) bond motifs is 1. The van der Waals surface area contributed by atoms with Crippen LogP contribution in [0.25, 0.3) is 28.1 Å². The molecule has 1 N–H and O–H groups in total. The summed E-state index contributed by atoms with van der Waals surface area (Å²) in [4.78, 5) is 0. The summed E-state index contributed by atoms with van der Waals surface area (Å²) < 4.78 is 3.06. The Hall–Kier alpha value is -2.85. The molecule has 2 heterocycles. The summed E-state index contributed by atoms with van der Waals surface area (Å²) >= 11 is 3.65. The largest absolute Gasteiger partial charge is 0.369 e. The lowest BCUT2D eigenvalue weighted by atomic mass is 10.0. The van der Waals surface area contributed by atoms with Crippen molar-refractivity contribution < 1.29 is 0 Å². The predicted molar refractivity (Wildman–Crippen MR) is 114 cm³/mol. The minimum atomic E-state index is 0.951. The van der Waals surface area contributed by atoms with E-state index in [1.165, 1.54) is 16.7 Å². The summed E-state index contributed by atoms with van der Waals surface area (Å²) in [6.07, 6.45) is 0.996. The fraction of sp³-hybridized carbons (Fsp3) is 0.0870. The highest BCUT2D eigenvalue weighted by atomic mass is 79.9. The molecule has 0 spiro atoms. The van der Waals surface area contributed by atoms with Gasteiger partial charge in [0.25, 0.3) is 0 Å². The molecule has 132 valence electrons. The predicted octanol–water partition coefficient (Wildman–Crippen LogP) is 5.94. The number of aromatic nitrogens is 2. The van der Waals surface area contributed by atoms with Crippen molar-refractivity contribution in [2.45, 2.75) is 6.42 Å². The highest BCUT2D eigenvalue weighted by Gasteiger charge is 2.24. The van der Waals surface area contributed by atoms with Crippen molar-refractivity contribution in [2.24, 2.45) is 0 Å². The van der Waals surface area contributed by atoms with E-state index in [1.807, 2.05) is 28.9 Å². The van der Waals surface area contributed by atoms with Crippen LogP contribution >= 0.6 is 15.9 Å². The third kappa shape index (κ3) is 2.86. The van der Waals surface area contributed by atoms with Gasteiger partial charge in [-0.25, -0.2) is 4.68 Å². The van der Waals surface area contributed by atoms with E-state index in [9.17, 15) is 0 Å². The van der Waals surface area contributed by atoms with E-state index in [-0.39, 0.29) is 0 Å². The molecule has 0 bridgehead atoms. The minimum absolute atomic E-state index is 0.951. The summed E-state index contributed by atoms with van der Waals surface area (Å²) in [5.41, 5.74) is 7.01. The average molecular weight is 416 g/mol. The van der Waals surface area contributed by atoms with E-state index in [1.54, 1.807) is 0 Å².